The van der Waals surface area contributed by atoms with E-state index in [2.05, 4.69) is 32.1 Å². The summed E-state index contributed by atoms with van der Waals surface area (Å²) < 4.78 is 11.2. The predicted octanol–water partition coefficient (Wildman–Crippen LogP) is 4.33. The summed E-state index contributed by atoms with van der Waals surface area (Å²) in [6.07, 6.45) is 3.35. The highest BCUT2D eigenvalue weighted by Crippen LogP contribution is 2.19. The van der Waals surface area contributed by atoms with Gasteiger partial charge in [0.15, 0.2) is 0 Å². The van der Waals surface area contributed by atoms with Gasteiger partial charge in [-0.3, -0.25) is 4.79 Å². The van der Waals surface area contributed by atoms with Crippen LogP contribution < -0.4 is 15.4 Å². The van der Waals surface area contributed by atoms with Crippen molar-refractivity contribution in [1.82, 2.24) is 14.9 Å². The number of hydrogen-bond donors (Lipinski definition) is 2. The van der Waals surface area contributed by atoms with Gasteiger partial charge in [-0.2, -0.15) is 0 Å². The zero-order chi connectivity index (χ0) is 25.0. The van der Waals surface area contributed by atoms with Gasteiger partial charge in [0.25, 0.3) is 5.91 Å². The van der Waals surface area contributed by atoms with Crippen molar-refractivity contribution in [3.8, 4) is 5.88 Å². The highest BCUT2D eigenvalue weighted by atomic mass is 16.5. The first kappa shape index (κ1) is 25.9. The number of anilines is 2. The molecule has 3 aromatic rings. The van der Waals surface area contributed by atoms with Crippen molar-refractivity contribution < 1.29 is 14.3 Å². The van der Waals surface area contributed by atoms with E-state index in [-0.39, 0.29) is 5.91 Å². The van der Waals surface area contributed by atoms with Gasteiger partial charge in [-0.25, -0.2) is 9.97 Å². The molecule has 0 spiro atoms. The molecule has 8 nitrogen and oxygen atoms in total. The summed E-state index contributed by atoms with van der Waals surface area (Å²) in [5.41, 5.74) is 4.12. The molecule has 184 valence electrons. The lowest BCUT2D eigenvalue weighted by molar-refractivity contribution is 0.0876. The van der Waals surface area contributed by atoms with E-state index in [1.54, 1.807) is 24.5 Å². The highest BCUT2D eigenvalue weighted by molar-refractivity contribution is 6.07. The number of nitrogens with zero attached hydrogens (tertiary/aromatic N) is 3. The Balaban J connectivity index is 1.54. The normalized spacial score (nSPS) is 10.7. The number of likely N-dealkylation sites (N-methyl/N-ethyl adjacent to an activating group) is 1. The molecule has 8 heteroatoms. The number of hydrogen-bond acceptors (Lipinski definition) is 7. The summed E-state index contributed by atoms with van der Waals surface area (Å²) in [5, 5.41) is 6.17. The zero-order valence-electron chi connectivity index (χ0n) is 20.6. The maximum Gasteiger partial charge on any atom is 0.259 e. The summed E-state index contributed by atoms with van der Waals surface area (Å²) in [5.74, 6) is 0.784. The molecule has 0 saturated heterocycles. The molecule has 2 aromatic heterocycles. The minimum Gasteiger partial charge on any atom is -0.475 e. The first-order valence-electron chi connectivity index (χ1n) is 11.5. The average molecular weight is 476 g/mol. The Bertz CT molecular complexity index is 1120. The maximum atomic E-state index is 12.9. The van der Waals surface area contributed by atoms with E-state index in [1.165, 1.54) is 0 Å². The third kappa shape index (κ3) is 8.51. The van der Waals surface area contributed by atoms with Crippen LogP contribution >= 0.6 is 0 Å². The number of benzene rings is 1. The second-order valence-electron chi connectivity index (χ2n) is 8.33. The first-order chi connectivity index (χ1) is 16.9. The molecule has 35 heavy (non-hydrogen) atoms. The van der Waals surface area contributed by atoms with Crippen LogP contribution in [0.15, 0.2) is 67.5 Å². The second kappa shape index (κ2) is 13.2. The molecule has 2 heterocycles. The molecule has 0 saturated carbocycles. The summed E-state index contributed by atoms with van der Waals surface area (Å²) in [4.78, 5) is 23.6. The van der Waals surface area contributed by atoms with Gasteiger partial charge in [0.05, 0.1) is 18.8 Å². The molecule has 0 radical (unpaired) electrons. The van der Waals surface area contributed by atoms with Gasteiger partial charge in [-0.05, 0) is 62.5 Å². The van der Waals surface area contributed by atoms with E-state index in [4.69, 9.17) is 9.47 Å². The smallest absolute Gasteiger partial charge is 0.259 e. The Hall–Kier alpha value is -3.75. The summed E-state index contributed by atoms with van der Waals surface area (Å²) in [6.45, 7) is 8.80. The number of allylic oxidation sites excluding steroid dienone is 1. The Kier molecular flexibility index (Phi) is 9.77. The fourth-order valence-electron chi connectivity index (χ4n) is 3.15. The van der Waals surface area contributed by atoms with Crippen molar-refractivity contribution in [1.29, 1.82) is 0 Å². The van der Waals surface area contributed by atoms with Crippen LogP contribution in [-0.4, -0.2) is 61.2 Å². The van der Waals surface area contributed by atoms with Crippen molar-refractivity contribution in [2.24, 2.45) is 0 Å². The lowest BCUT2D eigenvalue weighted by Crippen LogP contribution is -2.19. The molecule has 1 amide bonds. The van der Waals surface area contributed by atoms with Crippen molar-refractivity contribution in [2.75, 3.05) is 51.1 Å². The van der Waals surface area contributed by atoms with Gasteiger partial charge >= 0.3 is 0 Å². The van der Waals surface area contributed by atoms with Gasteiger partial charge in [0.1, 0.15) is 12.4 Å². The van der Waals surface area contributed by atoms with E-state index >= 15 is 0 Å². The number of rotatable bonds is 13. The van der Waals surface area contributed by atoms with Crippen molar-refractivity contribution >= 4 is 23.0 Å². The molecule has 0 unspecified atom stereocenters. The quantitative estimate of drug-likeness (QED) is 0.356. The minimum atomic E-state index is -0.239. The second-order valence-corrected chi connectivity index (χ2v) is 8.33. The highest BCUT2D eigenvalue weighted by Gasteiger charge is 2.13. The molecule has 1 aromatic carbocycles. The van der Waals surface area contributed by atoms with E-state index in [9.17, 15) is 4.79 Å². The molecular formula is C27H33N5O3. The first-order valence-corrected chi connectivity index (χ1v) is 11.5. The van der Waals surface area contributed by atoms with Crippen LogP contribution in [0.25, 0.3) is 5.57 Å². The van der Waals surface area contributed by atoms with E-state index in [0.717, 1.165) is 23.2 Å². The molecule has 0 bridgehead atoms. The number of carbonyl (C=O) groups is 1. The van der Waals surface area contributed by atoms with Gasteiger partial charge in [-0.1, -0.05) is 24.3 Å². The number of pyridine rings is 2. The largest absolute Gasteiger partial charge is 0.475 e. The van der Waals surface area contributed by atoms with Crippen LogP contribution in [-0.2, 0) is 11.3 Å². The molecule has 0 aliphatic rings. The average Bonchev–Trinajstić information content (AvgIpc) is 2.85. The number of aromatic nitrogens is 2. The Morgan fingerprint density at radius 1 is 1.03 bits per heavy atom. The van der Waals surface area contributed by atoms with E-state index < -0.39 is 0 Å². The molecular weight excluding hydrogens is 442 g/mol. The SMILES string of the molecule is C=C(C)c1ccc(NC(=O)c2cccnc2NCc2ccnc(OCCOCCN(C)C)c2)cc1. The van der Waals surface area contributed by atoms with Crippen LogP contribution in [0.4, 0.5) is 11.5 Å². The molecule has 0 aliphatic heterocycles. The van der Waals surface area contributed by atoms with Crippen LogP contribution in [0.1, 0.15) is 28.4 Å². The summed E-state index contributed by atoms with van der Waals surface area (Å²) in [6, 6.07) is 14.8. The lowest BCUT2D eigenvalue weighted by atomic mass is 10.1. The number of nitrogens with one attached hydrogen (secondary N) is 2. The molecule has 0 atom stereocenters. The van der Waals surface area contributed by atoms with E-state index in [0.29, 0.717) is 49.3 Å². The van der Waals surface area contributed by atoms with Gasteiger partial charge in [0.2, 0.25) is 5.88 Å². The van der Waals surface area contributed by atoms with Crippen LogP contribution in [0, 0.1) is 0 Å². The van der Waals surface area contributed by atoms with Gasteiger partial charge < -0.3 is 25.0 Å². The van der Waals surface area contributed by atoms with E-state index in [1.807, 2.05) is 57.4 Å². The lowest BCUT2D eigenvalue weighted by Gasteiger charge is -2.12. The van der Waals surface area contributed by atoms with Crippen LogP contribution in [0.2, 0.25) is 0 Å². The standard InChI is InChI=1S/C27H33N5O3/c1-20(2)22-7-9-23(10-8-22)31-27(33)24-6-5-12-29-26(24)30-19-21-11-13-28-25(18-21)35-17-16-34-15-14-32(3)4/h5-13,18H,1,14-17,19H2,2-4H3,(H,29,30)(H,31,33). The third-order valence-corrected chi connectivity index (χ3v) is 5.11. The fraction of sp³-hybridized carbons (Fsp3) is 0.296. The summed E-state index contributed by atoms with van der Waals surface area (Å²) in [7, 11) is 4.01. The van der Waals surface area contributed by atoms with Crippen LogP contribution in [0.5, 0.6) is 5.88 Å². The monoisotopic (exact) mass is 475 g/mol. The summed E-state index contributed by atoms with van der Waals surface area (Å²) >= 11 is 0. The molecule has 3 rings (SSSR count). The zero-order valence-corrected chi connectivity index (χ0v) is 20.6. The third-order valence-electron chi connectivity index (χ3n) is 5.11. The van der Waals surface area contributed by atoms with Crippen molar-refractivity contribution in [3.05, 3.63) is 84.2 Å². The number of amides is 1. The topological polar surface area (TPSA) is 88.6 Å². The van der Waals surface area contributed by atoms with Crippen LogP contribution in [0.3, 0.4) is 0 Å². The number of carbonyl (C=O) groups excluding carboxylic acids is 1. The Labute approximate surface area is 207 Å². The Morgan fingerprint density at radius 2 is 1.83 bits per heavy atom. The number of ether oxygens (including phenoxy) is 2. The van der Waals surface area contributed by atoms with Gasteiger partial charge in [-0.15, -0.1) is 0 Å². The van der Waals surface area contributed by atoms with Crippen molar-refractivity contribution in [2.45, 2.75) is 13.5 Å². The molecule has 2 N–H and O–H groups in total. The fourth-order valence-corrected chi connectivity index (χ4v) is 3.15. The van der Waals surface area contributed by atoms with Crippen molar-refractivity contribution in [3.63, 3.8) is 0 Å². The maximum absolute atomic E-state index is 12.9. The molecule has 0 fully saturated rings. The Morgan fingerprint density at radius 3 is 2.57 bits per heavy atom. The molecule has 0 aliphatic carbocycles. The van der Waals surface area contributed by atoms with Gasteiger partial charge in [0, 0.05) is 37.2 Å². The minimum absolute atomic E-state index is 0.239. The predicted molar refractivity (Wildman–Crippen MR) is 140 cm³/mol.